The number of hydrogen-bond acceptors (Lipinski definition) is 6. The van der Waals surface area contributed by atoms with Crippen LogP contribution in [0.1, 0.15) is 406 Å². The van der Waals surface area contributed by atoms with E-state index in [0.717, 1.165) is 83.5 Å². The van der Waals surface area contributed by atoms with Crippen molar-refractivity contribution in [3.63, 3.8) is 0 Å². The van der Waals surface area contributed by atoms with E-state index in [2.05, 4.69) is 69.4 Å². The van der Waals surface area contributed by atoms with Crippen molar-refractivity contribution in [2.45, 2.75) is 412 Å². The van der Waals surface area contributed by atoms with Crippen molar-refractivity contribution in [1.82, 2.24) is 0 Å². The maximum Gasteiger partial charge on any atom is 0.306 e. The van der Waals surface area contributed by atoms with Crippen LogP contribution < -0.4 is 0 Å². The molecule has 0 saturated carbocycles. The first-order valence-electron chi connectivity index (χ1n) is 37.1. The molecule has 0 aromatic heterocycles. The zero-order valence-corrected chi connectivity index (χ0v) is 56.0. The fourth-order valence-corrected chi connectivity index (χ4v) is 11.3. The molecular formula is C77H142O6. The van der Waals surface area contributed by atoms with Gasteiger partial charge in [0.15, 0.2) is 6.10 Å². The first-order chi connectivity index (χ1) is 41.0. The summed E-state index contributed by atoms with van der Waals surface area (Å²) in [7, 11) is 0. The number of hydrogen-bond donors (Lipinski definition) is 0. The van der Waals surface area contributed by atoms with Crippen LogP contribution in [0.15, 0.2) is 48.6 Å². The van der Waals surface area contributed by atoms with E-state index in [1.54, 1.807) is 0 Å². The summed E-state index contributed by atoms with van der Waals surface area (Å²) >= 11 is 0. The Morgan fingerprint density at radius 2 is 0.470 bits per heavy atom. The molecule has 486 valence electrons. The highest BCUT2D eigenvalue weighted by Crippen LogP contribution is 2.19. The summed E-state index contributed by atoms with van der Waals surface area (Å²) in [6.45, 7) is 6.54. The van der Waals surface area contributed by atoms with Crippen LogP contribution in [0.2, 0.25) is 0 Å². The van der Waals surface area contributed by atoms with Crippen LogP contribution in [0.25, 0.3) is 0 Å². The maximum atomic E-state index is 12.9. The molecule has 0 amide bonds. The highest BCUT2D eigenvalue weighted by molar-refractivity contribution is 5.71. The van der Waals surface area contributed by atoms with Crippen molar-refractivity contribution in [2.75, 3.05) is 13.2 Å². The summed E-state index contributed by atoms with van der Waals surface area (Å²) in [6.07, 6.45) is 92.1. The minimum absolute atomic E-state index is 0.0677. The Hall–Kier alpha value is -2.63. The number of ether oxygens (including phenoxy) is 3. The van der Waals surface area contributed by atoms with Gasteiger partial charge in [0.05, 0.1) is 0 Å². The third-order valence-electron chi connectivity index (χ3n) is 16.8. The Kier molecular flexibility index (Phi) is 69.6. The van der Waals surface area contributed by atoms with Crippen molar-refractivity contribution in [3.05, 3.63) is 48.6 Å². The van der Waals surface area contributed by atoms with Gasteiger partial charge in [-0.25, -0.2) is 0 Å². The van der Waals surface area contributed by atoms with Gasteiger partial charge < -0.3 is 14.2 Å². The van der Waals surface area contributed by atoms with Gasteiger partial charge in [-0.15, -0.1) is 0 Å². The van der Waals surface area contributed by atoms with E-state index in [1.165, 1.54) is 283 Å². The quantitative estimate of drug-likeness (QED) is 0.0261. The lowest BCUT2D eigenvalue weighted by Crippen LogP contribution is -2.30. The Bertz CT molecular complexity index is 1430. The third-order valence-corrected chi connectivity index (χ3v) is 16.8. The van der Waals surface area contributed by atoms with E-state index in [0.29, 0.717) is 19.3 Å². The molecule has 0 fully saturated rings. The molecule has 0 aliphatic heterocycles. The van der Waals surface area contributed by atoms with E-state index in [4.69, 9.17) is 14.2 Å². The summed E-state index contributed by atoms with van der Waals surface area (Å²) in [5.41, 5.74) is 0. The molecule has 6 nitrogen and oxygen atoms in total. The molecular weight excluding hydrogens is 1020 g/mol. The molecule has 1 atom stereocenters. The molecule has 0 N–H and O–H groups in total. The van der Waals surface area contributed by atoms with Crippen LogP contribution in [-0.4, -0.2) is 37.2 Å². The lowest BCUT2D eigenvalue weighted by Gasteiger charge is -2.18. The zero-order valence-electron chi connectivity index (χ0n) is 56.0. The van der Waals surface area contributed by atoms with Gasteiger partial charge in [-0.3, -0.25) is 14.4 Å². The summed E-state index contributed by atoms with van der Waals surface area (Å²) in [6, 6.07) is 0. The Labute approximate surface area is 518 Å². The number of allylic oxidation sites excluding steroid dienone is 8. The minimum Gasteiger partial charge on any atom is -0.462 e. The van der Waals surface area contributed by atoms with E-state index < -0.39 is 6.10 Å². The normalized spacial score (nSPS) is 12.3. The van der Waals surface area contributed by atoms with Gasteiger partial charge in [0, 0.05) is 19.3 Å². The molecule has 0 aromatic carbocycles. The topological polar surface area (TPSA) is 78.9 Å². The molecule has 0 radical (unpaired) electrons. The van der Waals surface area contributed by atoms with Crippen LogP contribution in [0.5, 0.6) is 0 Å². The van der Waals surface area contributed by atoms with Gasteiger partial charge in [-0.2, -0.15) is 0 Å². The first kappa shape index (κ1) is 80.4. The number of carbonyl (C=O) groups excluding carboxylic acids is 3. The molecule has 0 aliphatic carbocycles. The maximum absolute atomic E-state index is 12.9. The van der Waals surface area contributed by atoms with Gasteiger partial charge >= 0.3 is 17.9 Å². The van der Waals surface area contributed by atoms with Gasteiger partial charge in [0.2, 0.25) is 0 Å². The smallest absolute Gasteiger partial charge is 0.306 e. The molecule has 83 heavy (non-hydrogen) atoms. The lowest BCUT2D eigenvalue weighted by molar-refractivity contribution is -0.167. The predicted molar refractivity (Wildman–Crippen MR) is 362 cm³/mol. The monoisotopic (exact) mass is 1160 g/mol. The zero-order chi connectivity index (χ0) is 59.9. The van der Waals surface area contributed by atoms with Gasteiger partial charge in [-0.1, -0.05) is 378 Å². The highest BCUT2D eigenvalue weighted by Gasteiger charge is 2.19. The van der Waals surface area contributed by atoms with Gasteiger partial charge in [0.25, 0.3) is 0 Å². The van der Waals surface area contributed by atoms with Crippen molar-refractivity contribution >= 4 is 17.9 Å². The number of rotatable bonds is 69. The predicted octanol–water partition coefficient (Wildman–Crippen LogP) is 25.7. The number of carbonyl (C=O) groups is 3. The molecule has 0 bridgehead atoms. The van der Waals surface area contributed by atoms with Crippen molar-refractivity contribution in [1.29, 1.82) is 0 Å². The number of unbranched alkanes of at least 4 members (excludes halogenated alkanes) is 50. The van der Waals surface area contributed by atoms with E-state index in [1.807, 2.05) is 0 Å². The van der Waals surface area contributed by atoms with Gasteiger partial charge in [-0.05, 0) is 57.8 Å². The largest absolute Gasteiger partial charge is 0.462 e. The van der Waals surface area contributed by atoms with Gasteiger partial charge in [0.1, 0.15) is 13.2 Å². The van der Waals surface area contributed by atoms with Crippen LogP contribution in [0, 0.1) is 0 Å². The second kappa shape index (κ2) is 71.8. The summed E-state index contributed by atoms with van der Waals surface area (Å²) in [4.78, 5) is 38.2. The van der Waals surface area contributed by atoms with E-state index in [-0.39, 0.29) is 31.1 Å². The standard InChI is InChI=1S/C77H142O6/c1-4-7-10-13-16-18-20-22-24-26-28-30-32-34-36-37-38-39-40-42-43-45-47-49-51-53-55-57-59-61-64-67-70-76(79)82-73-74(72-81-75(78)69-66-63-15-12-9-6-3)83-77(80)71-68-65-62-60-58-56-54-52-50-48-46-44-41-35-33-31-29-27-25-23-21-19-17-14-11-8-5-2/h8,11,17,19,23,25,29,31,74H,4-7,9-10,12-16,18,20-22,24,26-28,30,32-73H2,1-3H3/b11-8-,19-17-,25-23-,31-29-. The van der Waals surface area contributed by atoms with Crippen molar-refractivity contribution < 1.29 is 28.6 Å². The molecule has 0 spiro atoms. The molecule has 1 unspecified atom stereocenters. The summed E-state index contributed by atoms with van der Waals surface area (Å²) in [5.74, 6) is -0.853. The molecule has 0 aromatic rings. The Morgan fingerprint density at radius 1 is 0.253 bits per heavy atom. The van der Waals surface area contributed by atoms with E-state index in [9.17, 15) is 14.4 Å². The van der Waals surface area contributed by atoms with Crippen LogP contribution in [-0.2, 0) is 28.6 Å². The second-order valence-corrected chi connectivity index (χ2v) is 25.2. The van der Waals surface area contributed by atoms with Crippen molar-refractivity contribution in [3.8, 4) is 0 Å². The van der Waals surface area contributed by atoms with E-state index >= 15 is 0 Å². The van der Waals surface area contributed by atoms with Crippen LogP contribution in [0.4, 0.5) is 0 Å². The molecule has 0 saturated heterocycles. The minimum atomic E-state index is -0.769. The lowest BCUT2D eigenvalue weighted by atomic mass is 10.0. The SMILES string of the molecule is CC/C=C\C/C=C\C/C=C\C/C=C\CCCCCCCCCCCCCCCCC(=O)OC(COC(=O)CCCCCCCC)COC(=O)CCCCCCCCCCCCCCCCCCCCCCCCCCCCCCCCCC. The molecule has 0 rings (SSSR count). The number of esters is 3. The molecule has 0 aliphatic rings. The summed E-state index contributed by atoms with van der Waals surface area (Å²) < 4.78 is 16.9. The highest BCUT2D eigenvalue weighted by atomic mass is 16.6. The fraction of sp³-hybridized carbons (Fsp3) is 0.857. The average molecular weight is 1160 g/mol. The first-order valence-corrected chi connectivity index (χ1v) is 37.1. The fourth-order valence-electron chi connectivity index (χ4n) is 11.3. The Balaban J connectivity index is 3.93. The third kappa shape index (κ3) is 70.0. The Morgan fingerprint density at radius 3 is 0.735 bits per heavy atom. The summed E-state index contributed by atoms with van der Waals surface area (Å²) in [5, 5.41) is 0. The van der Waals surface area contributed by atoms with Crippen LogP contribution in [0.3, 0.4) is 0 Å². The molecule has 6 heteroatoms. The second-order valence-electron chi connectivity index (χ2n) is 25.2. The van der Waals surface area contributed by atoms with Crippen molar-refractivity contribution in [2.24, 2.45) is 0 Å². The van der Waals surface area contributed by atoms with Crippen LogP contribution >= 0.6 is 0 Å². The molecule has 0 heterocycles. The average Bonchev–Trinajstić information content (AvgIpc) is 3.48.